The summed E-state index contributed by atoms with van der Waals surface area (Å²) in [7, 11) is -3.57. The van der Waals surface area contributed by atoms with E-state index in [1.54, 1.807) is 24.3 Å². The Balaban J connectivity index is 1.48. The van der Waals surface area contributed by atoms with Crippen LogP contribution in [0.4, 0.5) is 0 Å². The molecule has 2 heterocycles. The maximum atomic E-state index is 12.5. The normalized spacial score (nSPS) is 25.2. The Hall–Kier alpha value is -1.60. The van der Waals surface area contributed by atoms with Gasteiger partial charge in [0.2, 0.25) is 15.9 Å². The molecule has 1 amide bonds. The van der Waals surface area contributed by atoms with Crippen LogP contribution in [0.15, 0.2) is 29.2 Å². The number of benzene rings is 1. The Kier molecular flexibility index (Phi) is 4.24. The van der Waals surface area contributed by atoms with Gasteiger partial charge in [0, 0.05) is 31.0 Å². The molecule has 4 rings (SSSR count). The number of carbonyl (C=O) groups excluding carboxylic acids is 1. The van der Waals surface area contributed by atoms with Gasteiger partial charge in [0.1, 0.15) is 10.6 Å². The number of nitrogens with one attached hydrogen (secondary N) is 1. The molecule has 2 aliphatic heterocycles. The van der Waals surface area contributed by atoms with Crippen LogP contribution in [-0.2, 0) is 14.8 Å². The summed E-state index contributed by atoms with van der Waals surface area (Å²) >= 11 is 0. The third-order valence-electron chi connectivity index (χ3n) is 5.90. The quantitative estimate of drug-likeness (QED) is 0.824. The number of hydrogen-bond acceptors (Lipinski definition) is 4. The van der Waals surface area contributed by atoms with Crippen LogP contribution >= 0.6 is 0 Å². The van der Waals surface area contributed by atoms with Crippen molar-refractivity contribution >= 4 is 15.9 Å². The Morgan fingerprint density at radius 3 is 2.60 bits per heavy atom. The summed E-state index contributed by atoms with van der Waals surface area (Å²) in [5, 5.41) is 0. The number of para-hydroxylation sites is 1. The molecular weight excluding hydrogens is 340 g/mol. The van der Waals surface area contributed by atoms with Gasteiger partial charge >= 0.3 is 0 Å². The second-order valence-electron chi connectivity index (χ2n) is 7.51. The molecule has 7 heteroatoms. The second kappa shape index (κ2) is 6.29. The predicted molar refractivity (Wildman–Crippen MR) is 92.7 cm³/mol. The van der Waals surface area contributed by atoms with Crippen LogP contribution in [0.1, 0.15) is 32.1 Å². The molecule has 1 N–H and O–H groups in total. The fourth-order valence-electron chi connectivity index (χ4n) is 3.84. The monoisotopic (exact) mass is 364 g/mol. The van der Waals surface area contributed by atoms with E-state index >= 15 is 0 Å². The van der Waals surface area contributed by atoms with E-state index < -0.39 is 10.0 Å². The van der Waals surface area contributed by atoms with Gasteiger partial charge in [-0.15, -0.1) is 0 Å². The maximum Gasteiger partial charge on any atom is 0.244 e. The van der Waals surface area contributed by atoms with Crippen LogP contribution in [0.2, 0.25) is 0 Å². The smallest absolute Gasteiger partial charge is 0.244 e. The molecule has 1 aromatic rings. The Morgan fingerprint density at radius 1 is 1.20 bits per heavy atom. The fraction of sp³-hybridized carbons (Fsp3) is 0.611. The molecule has 0 unspecified atom stereocenters. The summed E-state index contributed by atoms with van der Waals surface area (Å²) in [4.78, 5) is 14.6. The van der Waals surface area contributed by atoms with E-state index in [2.05, 4.69) is 4.72 Å². The number of ether oxygens (including phenoxy) is 1. The standard InChI is InChI=1S/C18H24N2O4S/c21-17(14-4-3-5-14)20-10-8-18(9-11-20)12-19-25(22,23)16-7-2-1-6-15(16)24-13-18/h1-2,6-7,14,19H,3-5,8-13H2. The summed E-state index contributed by atoms with van der Waals surface area (Å²) in [6, 6.07) is 6.74. The van der Waals surface area contributed by atoms with Crippen molar-refractivity contribution in [3.8, 4) is 5.75 Å². The third-order valence-corrected chi connectivity index (χ3v) is 7.34. The first-order valence-electron chi connectivity index (χ1n) is 8.99. The molecule has 1 aliphatic carbocycles. The highest BCUT2D eigenvalue weighted by Crippen LogP contribution is 2.37. The number of rotatable bonds is 1. The number of likely N-dealkylation sites (tertiary alicyclic amines) is 1. The molecule has 0 aromatic heterocycles. The van der Waals surface area contributed by atoms with Gasteiger partial charge in [0.25, 0.3) is 0 Å². The molecule has 1 saturated carbocycles. The van der Waals surface area contributed by atoms with Crippen molar-refractivity contribution in [2.45, 2.75) is 37.0 Å². The molecule has 25 heavy (non-hydrogen) atoms. The van der Waals surface area contributed by atoms with Gasteiger partial charge in [-0.05, 0) is 37.8 Å². The lowest BCUT2D eigenvalue weighted by Crippen LogP contribution is -2.52. The van der Waals surface area contributed by atoms with Gasteiger partial charge in [-0.2, -0.15) is 0 Å². The van der Waals surface area contributed by atoms with Crippen molar-refractivity contribution < 1.29 is 17.9 Å². The van der Waals surface area contributed by atoms with Gasteiger partial charge in [-0.1, -0.05) is 18.6 Å². The van der Waals surface area contributed by atoms with Gasteiger partial charge in [0.15, 0.2) is 0 Å². The van der Waals surface area contributed by atoms with Crippen molar-refractivity contribution in [1.29, 1.82) is 0 Å². The second-order valence-corrected chi connectivity index (χ2v) is 9.25. The molecule has 0 radical (unpaired) electrons. The zero-order chi connectivity index (χ0) is 17.5. The average Bonchev–Trinajstić information content (AvgIpc) is 2.57. The fourth-order valence-corrected chi connectivity index (χ4v) is 5.14. The zero-order valence-electron chi connectivity index (χ0n) is 14.2. The van der Waals surface area contributed by atoms with Crippen molar-refractivity contribution in [1.82, 2.24) is 9.62 Å². The first-order valence-corrected chi connectivity index (χ1v) is 10.5. The molecule has 1 saturated heterocycles. The van der Waals surface area contributed by atoms with E-state index in [-0.39, 0.29) is 22.1 Å². The first-order chi connectivity index (χ1) is 12.0. The van der Waals surface area contributed by atoms with Crippen LogP contribution in [0.25, 0.3) is 0 Å². The summed E-state index contributed by atoms with van der Waals surface area (Å²) in [5.74, 6) is 0.897. The zero-order valence-corrected chi connectivity index (χ0v) is 15.1. The number of piperidine rings is 1. The van der Waals surface area contributed by atoms with Crippen LogP contribution < -0.4 is 9.46 Å². The number of nitrogens with zero attached hydrogens (tertiary/aromatic N) is 1. The van der Waals surface area contributed by atoms with Gasteiger partial charge in [0.05, 0.1) is 6.61 Å². The van der Waals surface area contributed by atoms with Crippen LogP contribution in [-0.4, -0.2) is 45.5 Å². The summed E-state index contributed by atoms with van der Waals surface area (Å²) in [5.41, 5.74) is -0.253. The topological polar surface area (TPSA) is 75.7 Å². The molecular formula is C18H24N2O4S. The highest BCUT2D eigenvalue weighted by molar-refractivity contribution is 7.89. The van der Waals surface area contributed by atoms with E-state index in [0.717, 1.165) is 32.1 Å². The molecule has 0 atom stereocenters. The molecule has 2 fully saturated rings. The molecule has 1 aromatic carbocycles. The van der Waals surface area contributed by atoms with Gasteiger partial charge < -0.3 is 9.64 Å². The first kappa shape index (κ1) is 16.8. The highest BCUT2D eigenvalue weighted by atomic mass is 32.2. The number of amides is 1. The van der Waals surface area contributed by atoms with Gasteiger partial charge in [-0.25, -0.2) is 13.1 Å². The Morgan fingerprint density at radius 2 is 1.92 bits per heavy atom. The number of fused-ring (bicyclic) bond motifs is 1. The van der Waals surface area contributed by atoms with E-state index in [0.29, 0.717) is 32.0 Å². The number of sulfonamides is 1. The largest absolute Gasteiger partial charge is 0.492 e. The minimum absolute atomic E-state index is 0.197. The number of carbonyl (C=O) groups is 1. The Labute approximate surface area is 148 Å². The van der Waals surface area contributed by atoms with E-state index in [4.69, 9.17) is 4.74 Å². The van der Waals surface area contributed by atoms with Crippen molar-refractivity contribution in [2.75, 3.05) is 26.2 Å². The molecule has 3 aliphatic rings. The molecule has 1 spiro atoms. The van der Waals surface area contributed by atoms with Crippen LogP contribution in [0.5, 0.6) is 5.75 Å². The van der Waals surface area contributed by atoms with Crippen LogP contribution in [0.3, 0.4) is 0 Å². The SMILES string of the molecule is O=C(C1CCC1)N1CCC2(CC1)CNS(=O)(=O)c1ccccc1OC2. The lowest BCUT2D eigenvalue weighted by atomic mass is 9.78. The lowest BCUT2D eigenvalue weighted by Gasteiger charge is -2.44. The summed E-state index contributed by atoms with van der Waals surface area (Å²) in [6.45, 7) is 2.19. The average molecular weight is 364 g/mol. The van der Waals surface area contributed by atoms with Crippen molar-refractivity contribution in [2.24, 2.45) is 11.3 Å². The van der Waals surface area contributed by atoms with Gasteiger partial charge in [-0.3, -0.25) is 4.79 Å². The maximum absolute atomic E-state index is 12.5. The third kappa shape index (κ3) is 3.15. The molecule has 0 bridgehead atoms. The van der Waals surface area contributed by atoms with Crippen LogP contribution in [0, 0.1) is 11.3 Å². The van der Waals surface area contributed by atoms with Crippen molar-refractivity contribution in [3.63, 3.8) is 0 Å². The summed E-state index contributed by atoms with van der Waals surface area (Å²) in [6.07, 6.45) is 4.70. The number of hydrogen-bond donors (Lipinski definition) is 1. The summed E-state index contributed by atoms with van der Waals surface area (Å²) < 4.78 is 33.7. The molecule has 6 nitrogen and oxygen atoms in total. The minimum atomic E-state index is -3.57. The minimum Gasteiger partial charge on any atom is -0.492 e. The lowest BCUT2D eigenvalue weighted by molar-refractivity contribution is -0.140. The van der Waals surface area contributed by atoms with E-state index in [9.17, 15) is 13.2 Å². The van der Waals surface area contributed by atoms with E-state index in [1.807, 2.05) is 4.90 Å². The predicted octanol–water partition coefficient (Wildman–Crippen LogP) is 1.77. The highest BCUT2D eigenvalue weighted by Gasteiger charge is 2.41. The van der Waals surface area contributed by atoms with E-state index in [1.165, 1.54) is 0 Å². The van der Waals surface area contributed by atoms with Crippen molar-refractivity contribution in [3.05, 3.63) is 24.3 Å². The Bertz CT molecular complexity index is 765. The molecule has 136 valence electrons.